The number of fused-ring (bicyclic) bond motifs is 2. The number of nitrogens with zero attached hydrogens (tertiary/aromatic N) is 1. The van der Waals surface area contributed by atoms with Gasteiger partial charge in [-0.05, 0) is 37.6 Å². The Bertz CT molecular complexity index is 925. The maximum Gasteiger partial charge on any atom is 0.333 e. The van der Waals surface area contributed by atoms with E-state index in [0.29, 0.717) is 35.9 Å². The van der Waals surface area contributed by atoms with Crippen molar-refractivity contribution in [2.45, 2.75) is 19.9 Å². The number of rotatable bonds is 5. The first-order valence-corrected chi connectivity index (χ1v) is 7.92. The van der Waals surface area contributed by atoms with Crippen LogP contribution in [0.2, 0.25) is 0 Å². The van der Waals surface area contributed by atoms with Crippen molar-refractivity contribution < 1.29 is 9.53 Å². The molecule has 24 heavy (non-hydrogen) atoms. The minimum atomic E-state index is -0.371. The number of hydrogen-bond acceptors (Lipinski definition) is 3. The van der Waals surface area contributed by atoms with Gasteiger partial charge in [-0.25, -0.2) is 4.79 Å². The van der Waals surface area contributed by atoms with Gasteiger partial charge in [0, 0.05) is 22.9 Å². The lowest BCUT2D eigenvalue weighted by Crippen LogP contribution is -2.13. The zero-order valence-electron chi connectivity index (χ0n) is 13.6. The molecule has 0 N–H and O–H groups in total. The summed E-state index contributed by atoms with van der Waals surface area (Å²) in [7, 11) is 0. The minimum absolute atomic E-state index is 0.0474. The number of aromatic nitrogens is 1. The fraction of sp³-hybridized carbons (Fsp3) is 0.200. The van der Waals surface area contributed by atoms with Crippen LogP contribution in [0.4, 0.5) is 0 Å². The van der Waals surface area contributed by atoms with Crippen molar-refractivity contribution in [2.75, 3.05) is 6.61 Å². The largest absolute Gasteiger partial charge is 0.462 e. The number of aryl methyl sites for hydroxylation is 1. The molecular weight excluding hydrogens is 302 g/mol. The van der Waals surface area contributed by atoms with Gasteiger partial charge in [-0.1, -0.05) is 30.8 Å². The van der Waals surface area contributed by atoms with Crippen LogP contribution in [0, 0.1) is 0 Å². The highest BCUT2D eigenvalue weighted by molar-refractivity contribution is 5.93. The SMILES string of the molecule is C=C(C)C(=O)OCCCn1c2ccccc2c(=O)c2ccccc21. The van der Waals surface area contributed by atoms with Crippen LogP contribution in [-0.2, 0) is 16.1 Å². The molecule has 4 nitrogen and oxygen atoms in total. The summed E-state index contributed by atoms with van der Waals surface area (Å²) in [6.45, 7) is 6.18. The van der Waals surface area contributed by atoms with Gasteiger partial charge in [0.1, 0.15) is 0 Å². The van der Waals surface area contributed by atoms with Crippen molar-refractivity contribution in [3.05, 3.63) is 70.9 Å². The number of esters is 1. The summed E-state index contributed by atoms with van der Waals surface area (Å²) in [5.41, 5.74) is 2.24. The number of benzene rings is 2. The van der Waals surface area contributed by atoms with Gasteiger partial charge in [-0.3, -0.25) is 4.79 Å². The molecule has 0 radical (unpaired) electrons. The van der Waals surface area contributed by atoms with Crippen molar-refractivity contribution in [3.8, 4) is 0 Å². The van der Waals surface area contributed by atoms with Gasteiger partial charge in [0.2, 0.25) is 0 Å². The predicted octanol–water partition coefficient (Wildman–Crippen LogP) is 3.66. The molecule has 0 bridgehead atoms. The average molecular weight is 321 g/mol. The molecule has 4 heteroatoms. The second-order valence-electron chi connectivity index (χ2n) is 5.78. The summed E-state index contributed by atoms with van der Waals surface area (Å²) in [6.07, 6.45) is 0.663. The fourth-order valence-corrected chi connectivity index (χ4v) is 2.83. The van der Waals surface area contributed by atoms with E-state index in [9.17, 15) is 9.59 Å². The fourth-order valence-electron chi connectivity index (χ4n) is 2.83. The molecule has 0 fully saturated rings. The van der Waals surface area contributed by atoms with Gasteiger partial charge < -0.3 is 9.30 Å². The number of ether oxygens (including phenoxy) is 1. The molecule has 1 heterocycles. The molecule has 0 aliphatic rings. The summed E-state index contributed by atoms with van der Waals surface area (Å²) in [4.78, 5) is 24.1. The first kappa shape index (κ1) is 16.0. The lowest BCUT2D eigenvalue weighted by Gasteiger charge is -2.15. The molecule has 0 unspecified atom stereocenters. The molecule has 122 valence electrons. The van der Waals surface area contributed by atoms with Crippen LogP contribution in [0.3, 0.4) is 0 Å². The first-order valence-electron chi connectivity index (χ1n) is 7.92. The molecule has 3 rings (SSSR count). The number of carbonyl (C=O) groups excluding carboxylic acids is 1. The quantitative estimate of drug-likeness (QED) is 0.312. The average Bonchev–Trinajstić information content (AvgIpc) is 2.60. The molecule has 2 aromatic carbocycles. The molecule has 0 atom stereocenters. The second-order valence-corrected chi connectivity index (χ2v) is 5.78. The number of pyridine rings is 1. The third kappa shape index (κ3) is 2.95. The van der Waals surface area contributed by atoms with E-state index < -0.39 is 0 Å². The zero-order chi connectivity index (χ0) is 17.1. The Labute approximate surface area is 140 Å². The third-order valence-electron chi connectivity index (χ3n) is 3.99. The zero-order valence-corrected chi connectivity index (χ0v) is 13.6. The number of para-hydroxylation sites is 2. The van der Waals surface area contributed by atoms with E-state index >= 15 is 0 Å². The number of hydrogen-bond donors (Lipinski definition) is 0. The highest BCUT2D eigenvalue weighted by Gasteiger charge is 2.10. The summed E-state index contributed by atoms with van der Waals surface area (Å²) in [5, 5.41) is 1.41. The smallest absolute Gasteiger partial charge is 0.333 e. The Hall–Kier alpha value is -2.88. The summed E-state index contributed by atoms with van der Waals surface area (Å²) < 4.78 is 7.27. The molecule has 0 amide bonds. The molecule has 0 aliphatic heterocycles. The Balaban J connectivity index is 1.96. The molecule has 0 spiro atoms. The van der Waals surface area contributed by atoms with E-state index in [-0.39, 0.29) is 11.4 Å². The molecule has 0 aliphatic carbocycles. The van der Waals surface area contributed by atoms with E-state index in [2.05, 4.69) is 11.1 Å². The van der Waals surface area contributed by atoms with Crippen molar-refractivity contribution in [1.82, 2.24) is 4.57 Å². The first-order chi connectivity index (χ1) is 11.6. The predicted molar refractivity (Wildman–Crippen MR) is 96.1 cm³/mol. The molecule has 3 aromatic rings. The summed E-state index contributed by atoms with van der Waals surface area (Å²) >= 11 is 0. The minimum Gasteiger partial charge on any atom is -0.462 e. The third-order valence-corrected chi connectivity index (χ3v) is 3.99. The van der Waals surface area contributed by atoms with Crippen LogP contribution in [0.15, 0.2) is 65.5 Å². The normalized spacial score (nSPS) is 10.9. The van der Waals surface area contributed by atoms with Crippen LogP contribution < -0.4 is 5.43 Å². The topological polar surface area (TPSA) is 48.3 Å². The van der Waals surface area contributed by atoms with Gasteiger partial charge in [-0.2, -0.15) is 0 Å². The van der Waals surface area contributed by atoms with Crippen LogP contribution in [0.5, 0.6) is 0 Å². The van der Waals surface area contributed by atoms with E-state index in [1.54, 1.807) is 6.92 Å². The Morgan fingerprint density at radius 2 is 1.58 bits per heavy atom. The Morgan fingerprint density at radius 3 is 2.12 bits per heavy atom. The lowest BCUT2D eigenvalue weighted by molar-refractivity contribution is -0.139. The molecule has 1 aromatic heterocycles. The van der Waals surface area contributed by atoms with Crippen molar-refractivity contribution in [3.63, 3.8) is 0 Å². The van der Waals surface area contributed by atoms with Crippen LogP contribution >= 0.6 is 0 Å². The van der Waals surface area contributed by atoms with Crippen LogP contribution in [-0.4, -0.2) is 17.1 Å². The van der Waals surface area contributed by atoms with Crippen molar-refractivity contribution >= 4 is 27.8 Å². The van der Waals surface area contributed by atoms with Gasteiger partial charge in [0.25, 0.3) is 0 Å². The highest BCUT2D eigenvalue weighted by atomic mass is 16.5. The molecule has 0 saturated heterocycles. The van der Waals surface area contributed by atoms with Gasteiger partial charge in [0.15, 0.2) is 5.43 Å². The van der Waals surface area contributed by atoms with Crippen LogP contribution in [0.1, 0.15) is 13.3 Å². The summed E-state index contributed by atoms with van der Waals surface area (Å²) in [5.74, 6) is -0.371. The van der Waals surface area contributed by atoms with Gasteiger partial charge in [-0.15, -0.1) is 0 Å². The van der Waals surface area contributed by atoms with E-state index in [1.165, 1.54) is 0 Å². The maximum absolute atomic E-state index is 12.6. The molecule has 0 saturated carbocycles. The van der Waals surface area contributed by atoms with E-state index in [4.69, 9.17) is 4.74 Å². The standard InChI is InChI=1S/C20H19NO3/c1-14(2)20(23)24-13-7-12-21-17-10-5-3-8-15(17)19(22)16-9-4-6-11-18(16)21/h3-6,8-11H,1,7,12-13H2,2H3. The van der Waals surface area contributed by atoms with Gasteiger partial charge in [0.05, 0.1) is 17.6 Å². The van der Waals surface area contributed by atoms with Gasteiger partial charge >= 0.3 is 5.97 Å². The van der Waals surface area contributed by atoms with E-state index in [0.717, 1.165) is 11.0 Å². The lowest BCUT2D eigenvalue weighted by atomic mass is 10.1. The Kier molecular flexibility index (Phi) is 4.47. The van der Waals surface area contributed by atoms with Crippen molar-refractivity contribution in [1.29, 1.82) is 0 Å². The second kappa shape index (κ2) is 6.71. The highest BCUT2D eigenvalue weighted by Crippen LogP contribution is 2.19. The molecular formula is C20H19NO3. The summed E-state index contributed by atoms with van der Waals surface area (Å²) in [6, 6.07) is 15.2. The Morgan fingerprint density at radius 1 is 1.04 bits per heavy atom. The maximum atomic E-state index is 12.6. The van der Waals surface area contributed by atoms with Crippen LogP contribution in [0.25, 0.3) is 21.8 Å². The monoisotopic (exact) mass is 321 g/mol. The van der Waals surface area contributed by atoms with E-state index in [1.807, 2.05) is 48.5 Å². The van der Waals surface area contributed by atoms with Crippen molar-refractivity contribution in [2.24, 2.45) is 0 Å². The number of carbonyl (C=O) groups is 1.